The van der Waals surface area contributed by atoms with E-state index in [1.54, 1.807) is 0 Å². The number of hydrogen-bond acceptors (Lipinski definition) is 3. The van der Waals surface area contributed by atoms with E-state index in [0.29, 0.717) is 11.8 Å². The van der Waals surface area contributed by atoms with Crippen LogP contribution in [-0.4, -0.2) is 11.1 Å². The zero-order chi connectivity index (χ0) is 15.3. The van der Waals surface area contributed by atoms with Crippen molar-refractivity contribution in [3.63, 3.8) is 0 Å². The number of thiophene rings is 1. The monoisotopic (exact) mass is 319 g/mol. The molecular weight excluding hydrogens is 294 g/mol. The van der Waals surface area contributed by atoms with E-state index in [4.69, 9.17) is 10.8 Å². The van der Waals surface area contributed by atoms with Gasteiger partial charge >= 0.3 is 5.97 Å². The molecule has 1 atom stereocenters. The Balaban J connectivity index is 1.53. The van der Waals surface area contributed by atoms with Crippen LogP contribution in [0.4, 0.5) is 0 Å². The van der Waals surface area contributed by atoms with Gasteiger partial charge in [-0.15, -0.1) is 11.3 Å². The molecule has 4 saturated carbocycles. The molecule has 0 aliphatic heterocycles. The Morgan fingerprint density at radius 2 is 1.82 bits per heavy atom. The van der Waals surface area contributed by atoms with Crippen molar-refractivity contribution in [3.8, 4) is 0 Å². The quantitative estimate of drug-likeness (QED) is 0.859. The van der Waals surface area contributed by atoms with Crippen LogP contribution in [0.5, 0.6) is 0 Å². The maximum absolute atomic E-state index is 10.7. The predicted octanol–water partition coefficient (Wildman–Crippen LogP) is 4.08. The Kier molecular flexibility index (Phi) is 3.57. The molecule has 0 spiro atoms. The lowest BCUT2D eigenvalue weighted by atomic mass is 9.49. The third-order valence-corrected chi connectivity index (χ3v) is 7.69. The second-order valence-electron chi connectivity index (χ2n) is 7.94. The molecule has 0 amide bonds. The first kappa shape index (κ1) is 14.7. The van der Waals surface area contributed by atoms with Gasteiger partial charge in [-0.05, 0) is 74.8 Å². The summed E-state index contributed by atoms with van der Waals surface area (Å²) in [7, 11) is 0. The van der Waals surface area contributed by atoms with E-state index in [-0.39, 0.29) is 12.5 Å². The normalized spacial score (nSPS) is 37.4. The van der Waals surface area contributed by atoms with Crippen molar-refractivity contribution in [1.82, 2.24) is 0 Å². The minimum atomic E-state index is -0.756. The summed E-state index contributed by atoms with van der Waals surface area (Å²) in [6.07, 6.45) is 9.23. The summed E-state index contributed by atoms with van der Waals surface area (Å²) >= 11 is 1.86. The molecule has 4 aliphatic rings. The van der Waals surface area contributed by atoms with Gasteiger partial charge in [0.1, 0.15) is 0 Å². The summed E-state index contributed by atoms with van der Waals surface area (Å²) in [4.78, 5) is 13.4. The molecule has 4 heteroatoms. The summed E-state index contributed by atoms with van der Waals surface area (Å²) in [6.45, 7) is 0. The molecule has 120 valence electrons. The summed E-state index contributed by atoms with van der Waals surface area (Å²) in [5.74, 6) is 2.11. The minimum Gasteiger partial charge on any atom is -0.481 e. The highest BCUT2D eigenvalue weighted by Crippen LogP contribution is 2.61. The van der Waals surface area contributed by atoms with E-state index in [0.717, 1.165) is 17.8 Å². The fourth-order valence-electron chi connectivity index (χ4n) is 5.67. The lowest BCUT2D eigenvalue weighted by Gasteiger charge is -2.56. The molecule has 0 radical (unpaired) electrons. The van der Waals surface area contributed by atoms with Crippen LogP contribution < -0.4 is 5.73 Å². The summed E-state index contributed by atoms with van der Waals surface area (Å²) < 4.78 is 0. The Hall–Kier alpha value is -0.870. The SMILES string of the molecule is N[C@H](CCC(=O)O)c1ccc(C23CC4CC(CC(C4)C2)C3)s1. The first-order valence-electron chi connectivity index (χ1n) is 8.62. The molecule has 4 bridgehead atoms. The zero-order valence-corrected chi connectivity index (χ0v) is 13.8. The van der Waals surface area contributed by atoms with Gasteiger partial charge < -0.3 is 10.8 Å². The molecule has 3 nitrogen and oxygen atoms in total. The van der Waals surface area contributed by atoms with Gasteiger partial charge in [0.25, 0.3) is 0 Å². The van der Waals surface area contributed by atoms with Crippen molar-refractivity contribution in [2.75, 3.05) is 0 Å². The van der Waals surface area contributed by atoms with Crippen molar-refractivity contribution in [1.29, 1.82) is 0 Å². The Bertz CT molecular complexity index is 544. The highest BCUT2D eigenvalue weighted by atomic mass is 32.1. The van der Waals surface area contributed by atoms with Crippen molar-refractivity contribution in [2.45, 2.75) is 62.8 Å². The number of hydrogen-bond donors (Lipinski definition) is 2. The molecule has 1 aromatic rings. The van der Waals surface area contributed by atoms with Crippen LogP contribution in [0.3, 0.4) is 0 Å². The third kappa shape index (κ3) is 2.50. The number of carbonyl (C=O) groups is 1. The Morgan fingerprint density at radius 3 is 2.36 bits per heavy atom. The zero-order valence-electron chi connectivity index (χ0n) is 13.0. The number of nitrogens with two attached hydrogens (primary N) is 1. The minimum absolute atomic E-state index is 0.122. The smallest absolute Gasteiger partial charge is 0.303 e. The van der Waals surface area contributed by atoms with E-state index in [9.17, 15) is 4.79 Å². The topological polar surface area (TPSA) is 63.3 Å². The van der Waals surface area contributed by atoms with Crippen LogP contribution in [0.2, 0.25) is 0 Å². The lowest BCUT2D eigenvalue weighted by molar-refractivity contribution is -0.137. The Labute approximate surface area is 135 Å². The van der Waals surface area contributed by atoms with E-state index < -0.39 is 5.97 Å². The molecular formula is C18H25NO2S. The molecule has 0 aromatic carbocycles. The van der Waals surface area contributed by atoms with E-state index in [1.807, 2.05) is 11.3 Å². The number of rotatable bonds is 5. The third-order valence-electron chi connectivity index (χ3n) is 6.22. The molecule has 4 aliphatic carbocycles. The highest BCUT2D eigenvalue weighted by molar-refractivity contribution is 7.12. The van der Waals surface area contributed by atoms with Gasteiger partial charge in [0.05, 0.1) is 0 Å². The van der Waals surface area contributed by atoms with Crippen LogP contribution >= 0.6 is 11.3 Å². The van der Waals surface area contributed by atoms with E-state index in [2.05, 4.69) is 12.1 Å². The van der Waals surface area contributed by atoms with Crippen LogP contribution in [0.1, 0.15) is 67.2 Å². The number of carboxylic acid groups (broad SMARTS) is 1. The number of aliphatic carboxylic acids is 1. The largest absolute Gasteiger partial charge is 0.481 e. The van der Waals surface area contributed by atoms with Gasteiger partial charge in [-0.3, -0.25) is 4.79 Å². The summed E-state index contributed by atoms with van der Waals surface area (Å²) in [6, 6.07) is 4.34. The van der Waals surface area contributed by atoms with Crippen LogP contribution in [0, 0.1) is 17.8 Å². The fraction of sp³-hybridized carbons (Fsp3) is 0.722. The number of carboxylic acids is 1. The predicted molar refractivity (Wildman–Crippen MR) is 88.0 cm³/mol. The van der Waals surface area contributed by atoms with Gasteiger partial charge in [-0.1, -0.05) is 0 Å². The molecule has 0 unspecified atom stereocenters. The maximum Gasteiger partial charge on any atom is 0.303 e. The first-order valence-corrected chi connectivity index (χ1v) is 9.43. The van der Waals surface area contributed by atoms with Crippen molar-refractivity contribution < 1.29 is 9.90 Å². The van der Waals surface area contributed by atoms with E-state index >= 15 is 0 Å². The van der Waals surface area contributed by atoms with Gasteiger partial charge in [-0.25, -0.2) is 0 Å². The van der Waals surface area contributed by atoms with Crippen LogP contribution in [-0.2, 0) is 10.2 Å². The molecule has 1 aromatic heterocycles. The average molecular weight is 319 g/mol. The summed E-state index contributed by atoms with van der Waals surface area (Å²) in [5, 5.41) is 8.82. The van der Waals surface area contributed by atoms with Crippen LogP contribution in [0.25, 0.3) is 0 Å². The van der Waals surface area contributed by atoms with Gasteiger partial charge in [0, 0.05) is 27.6 Å². The lowest BCUT2D eigenvalue weighted by Crippen LogP contribution is -2.48. The molecule has 22 heavy (non-hydrogen) atoms. The second kappa shape index (κ2) is 5.34. The molecule has 1 heterocycles. The highest BCUT2D eigenvalue weighted by Gasteiger charge is 2.52. The first-order chi connectivity index (χ1) is 10.5. The van der Waals surface area contributed by atoms with Crippen molar-refractivity contribution >= 4 is 17.3 Å². The van der Waals surface area contributed by atoms with Gasteiger partial charge in [-0.2, -0.15) is 0 Å². The molecule has 4 fully saturated rings. The average Bonchev–Trinajstić information content (AvgIpc) is 2.94. The Morgan fingerprint density at radius 1 is 1.23 bits per heavy atom. The fourth-order valence-corrected chi connectivity index (χ4v) is 6.93. The molecule has 0 saturated heterocycles. The maximum atomic E-state index is 10.7. The van der Waals surface area contributed by atoms with Crippen molar-refractivity contribution in [3.05, 3.63) is 21.9 Å². The van der Waals surface area contributed by atoms with Crippen molar-refractivity contribution in [2.24, 2.45) is 23.5 Å². The van der Waals surface area contributed by atoms with Gasteiger partial charge in [0.15, 0.2) is 0 Å². The molecule has 5 rings (SSSR count). The standard InChI is InChI=1S/C18H25NO2S/c19-14(1-4-17(20)21)15-2-3-16(22-15)18-8-11-5-12(9-18)7-13(6-11)10-18/h2-3,11-14H,1,4-10,19H2,(H,20,21)/t11?,12?,13?,14-,18?/m1/s1. The second-order valence-corrected chi connectivity index (χ2v) is 9.05. The van der Waals surface area contributed by atoms with Gasteiger partial charge in [0.2, 0.25) is 0 Å². The van der Waals surface area contributed by atoms with E-state index in [1.165, 1.54) is 48.3 Å². The summed E-state index contributed by atoms with van der Waals surface area (Å²) in [5.41, 5.74) is 6.63. The van der Waals surface area contributed by atoms with Crippen LogP contribution in [0.15, 0.2) is 12.1 Å². The molecule has 3 N–H and O–H groups in total.